The lowest BCUT2D eigenvalue weighted by Gasteiger charge is -2.10. The quantitative estimate of drug-likeness (QED) is 0.653. The van der Waals surface area contributed by atoms with Crippen LogP contribution >= 0.6 is 22.9 Å². The Morgan fingerprint density at radius 2 is 1.93 bits per heavy atom. The summed E-state index contributed by atoms with van der Waals surface area (Å²) in [7, 11) is 0. The molecule has 3 aromatic rings. The molecule has 0 saturated heterocycles. The minimum absolute atomic E-state index is 0.0505. The molecule has 0 aliphatic carbocycles. The number of rotatable bonds is 3. The Morgan fingerprint density at radius 3 is 2.57 bits per heavy atom. The van der Waals surface area contributed by atoms with E-state index in [-0.39, 0.29) is 10.4 Å². The average Bonchev–Trinajstić information content (AvgIpc) is 2.97. The summed E-state index contributed by atoms with van der Waals surface area (Å²) in [4.78, 5) is 27.9. The van der Waals surface area contributed by atoms with E-state index in [4.69, 9.17) is 11.6 Å². The predicted octanol–water partition coefficient (Wildman–Crippen LogP) is 4.76. The van der Waals surface area contributed by atoms with Crippen LogP contribution in [0.4, 0.5) is 13.2 Å². The number of benzene rings is 2. The summed E-state index contributed by atoms with van der Waals surface area (Å²) < 4.78 is 40.6. The minimum Gasteiger partial charge on any atom is -0.480 e. The number of carbonyl (C=O) groups is 2. The molecule has 0 radical (unpaired) electrons. The molecule has 0 bridgehead atoms. The molecule has 0 aliphatic heterocycles. The summed E-state index contributed by atoms with van der Waals surface area (Å²) in [6.07, 6.45) is -4.59. The van der Waals surface area contributed by atoms with Crippen molar-refractivity contribution >= 4 is 45.0 Å². The van der Waals surface area contributed by atoms with Gasteiger partial charge in [-0.15, -0.1) is 0 Å². The SMILES string of the molecule is CC(C(=O)O)n1c(=NC(=O)c2cccc(C(F)(F)F)c2)sc2ccc(Cl)cc21. The molecular weight excluding hydrogens is 417 g/mol. The van der Waals surface area contributed by atoms with Crippen LogP contribution in [-0.4, -0.2) is 21.6 Å². The Morgan fingerprint density at radius 1 is 1.21 bits per heavy atom. The molecule has 1 amide bonds. The maximum absolute atomic E-state index is 12.9. The molecule has 3 rings (SSSR count). The molecule has 1 aromatic heterocycles. The molecule has 1 unspecified atom stereocenters. The van der Waals surface area contributed by atoms with Crippen LogP contribution in [0.15, 0.2) is 47.5 Å². The highest BCUT2D eigenvalue weighted by Crippen LogP contribution is 2.30. The topological polar surface area (TPSA) is 71.7 Å². The number of alkyl halides is 3. The number of hydrogen-bond acceptors (Lipinski definition) is 3. The monoisotopic (exact) mass is 428 g/mol. The van der Waals surface area contributed by atoms with Gasteiger partial charge in [0.25, 0.3) is 5.91 Å². The van der Waals surface area contributed by atoms with Crippen LogP contribution in [0.2, 0.25) is 5.02 Å². The number of aromatic nitrogens is 1. The molecular formula is C18H12ClF3N2O3S. The highest BCUT2D eigenvalue weighted by Gasteiger charge is 2.31. The number of fused-ring (bicyclic) bond motifs is 1. The first kappa shape index (κ1) is 20.1. The molecule has 0 fully saturated rings. The summed E-state index contributed by atoms with van der Waals surface area (Å²) in [5.41, 5.74) is -0.758. The molecule has 1 N–H and O–H groups in total. The fraction of sp³-hybridized carbons (Fsp3) is 0.167. The van der Waals surface area contributed by atoms with Crippen molar-refractivity contribution in [3.8, 4) is 0 Å². The number of carbonyl (C=O) groups excluding carboxylic acids is 1. The van der Waals surface area contributed by atoms with E-state index in [0.29, 0.717) is 21.3 Å². The number of thiazole rings is 1. The van der Waals surface area contributed by atoms with Crippen molar-refractivity contribution < 1.29 is 27.9 Å². The highest BCUT2D eigenvalue weighted by atomic mass is 35.5. The number of carboxylic acid groups (broad SMARTS) is 1. The standard InChI is InChI=1S/C18H12ClF3N2O3S/c1-9(16(26)27)24-13-8-12(19)5-6-14(13)28-17(24)23-15(25)10-3-2-4-11(7-10)18(20,21)22/h2-9H,1H3,(H,26,27). The van der Waals surface area contributed by atoms with Gasteiger partial charge in [0.05, 0.1) is 15.8 Å². The van der Waals surface area contributed by atoms with Crippen LogP contribution in [0.3, 0.4) is 0 Å². The Hall–Kier alpha value is -2.65. The molecule has 1 atom stereocenters. The lowest BCUT2D eigenvalue weighted by Crippen LogP contribution is -2.25. The van der Waals surface area contributed by atoms with Gasteiger partial charge in [0.2, 0.25) is 0 Å². The van der Waals surface area contributed by atoms with Crippen molar-refractivity contribution in [1.82, 2.24) is 4.57 Å². The smallest absolute Gasteiger partial charge is 0.416 e. The fourth-order valence-corrected chi connectivity index (χ4v) is 3.80. The number of hydrogen-bond donors (Lipinski definition) is 1. The van der Waals surface area contributed by atoms with Crippen LogP contribution in [0.1, 0.15) is 28.9 Å². The van der Waals surface area contributed by atoms with Gasteiger partial charge < -0.3 is 9.67 Å². The van der Waals surface area contributed by atoms with Gasteiger partial charge in [0, 0.05) is 10.6 Å². The van der Waals surface area contributed by atoms with Crippen molar-refractivity contribution in [1.29, 1.82) is 0 Å². The first-order valence-corrected chi connectivity index (χ1v) is 9.07. The zero-order valence-corrected chi connectivity index (χ0v) is 15.8. The van der Waals surface area contributed by atoms with E-state index in [1.54, 1.807) is 18.2 Å². The Labute approximate surface area is 165 Å². The normalized spacial score (nSPS) is 13.7. The Kier molecular flexibility index (Phi) is 5.31. The molecule has 2 aromatic carbocycles. The van der Waals surface area contributed by atoms with Gasteiger partial charge in [-0.05, 0) is 43.3 Å². The van der Waals surface area contributed by atoms with Crippen molar-refractivity contribution in [2.45, 2.75) is 19.1 Å². The highest BCUT2D eigenvalue weighted by molar-refractivity contribution is 7.16. The van der Waals surface area contributed by atoms with E-state index in [2.05, 4.69) is 4.99 Å². The molecule has 28 heavy (non-hydrogen) atoms. The van der Waals surface area contributed by atoms with Crippen LogP contribution in [0, 0.1) is 0 Å². The number of halogens is 4. The van der Waals surface area contributed by atoms with Gasteiger partial charge in [-0.3, -0.25) is 4.79 Å². The molecule has 0 aliphatic rings. The van der Waals surface area contributed by atoms with Gasteiger partial charge in [-0.25, -0.2) is 4.79 Å². The fourth-order valence-electron chi connectivity index (χ4n) is 2.56. The van der Waals surface area contributed by atoms with Gasteiger partial charge in [-0.2, -0.15) is 18.2 Å². The number of carboxylic acids is 1. The van der Waals surface area contributed by atoms with Crippen molar-refractivity contribution in [2.24, 2.45) is 4.99 Å². The Balaban J connectivity index is 2.18. The summed E-state index contributed by atoms with van der Waals surface area (Å²) in [5, 5.41) is 9.75. The Bertz CT molecular complexity index is 1150. The van der Waals surface area contributed by atoms with E-state index in [1.165, 1.54) is 17.6 Å². The van der Waals surface area contributed by atoms with Crippen LogP contribution in [0.25, 0.3) is 10.2 Å². The molecule has 10 heteroatoms. The van der Waals surface area contributed by atoms with E-state index in [1.807, 2.05) is 0 Å². The first-order valence-electron chi connectivity index (χ1n) is 7.87. The number of amides is 1. The number of nitrogens with zero attached hydrogens (tertiary/aromatic N) is 2. The molecule has 0 saturated carbocycles. The third-order valence-electron chi connectivity index (χ3n) is 3.97. The van der Waals surface area contributed by atoms with Crippen molar-refractivity contribution in [3.05, 3.63) is 63.4 Å². The third-order valence-corrected chi connectivity index (χ3v) is 5.24. The maximum atomic E-state index is 12.9. The summed E-state index contributed by atoms with van der Waals surface area (Å²) in [6.45, 7) is 1.41. The third kappa shape index (κ3) is 3.95. The predicted molar refractivity (Wildman–Crippen MR) is 98.5 cm³/mol. The van der Waals surface area contributed by atoms with Crippen LogP contribution < -0.4 is 4.80 Å². The van der Waals surface area contributed by atoms with E-state index < -0.39 is 29.7 Å². The maximum Gasteiger partial charge on any atom is 0.416 e. The van der Waals surface area contributed by atoms with E-state index in [0.717, 1.165) is 23.5 Å². The summed E-state index contributed by atoms with van der Waals surface area (Å²) >= 11 is 7.03. The lowest BCUT2D eigenvalue weighted by molar-refractivity contribution is -0.140. The van der Waals surface area contributed by atoms with Gasteiger partial charge >= 0.3 is 12.1 Å². The first-order chi connectivity index (χ1) is 13.1. The number of aliphatic carboxylic acids is 1. The lowest BCUT2D eigenvalue weighted by atomic mass is 10.1. The van der Waals surface area contributed by atoms with Crippen LogP contribution in [0.5, 0.6) is 0 Å². The van der Waals surface area contributed by atoms with Crippen molar-refractivity contribution in [2.75, 3.05) is 0 Å². The van der Waals surface area contributed by atoms with E-state index >= 15 is 0 Å². The average molecular weight is 429 g/mol. The zero-order chi connectivity index (χ0) is 20.6. The molecule has 1 heterocycles. The molecule has 146 valence electrons. The van der Waals surface area contributed by atoms with Crippen LogP contribution in [-0.2, 0) is 11.0 Å². The molecule has 0 spiro atoms. The van der Waals surface area contributed by atoms with Gasteiger partial charge in [-0.1, -0.05) is 29.0 Å². The minimum atomic E-state index is -4.59. The summed E-state index contributed by atoms with van der Waals surface area (Å²) in [5.74, 6) is -2.07. The second-order valence-electron chi connectivity index (χ2n) is 5.88. The second kappa shape index (κ2) is 7.40. The summed E-state index contributed by atoms with van der Waals surface area (Å²) in [6, 6.07) is 7.63. The zero-order valence-electron chi connectivity index (χ0n) is 14.2. The van der Waals surface area contributed by atoms with Crippen molar-refractivity contribution in [3.63, 3.8) is 0 Å². The van der Waals surface area contributed by atoms with E-state index in [9.17, 15) is 27.9 Å². The largest absolute Gasteiger partial charge is 0.480 e. The van der Waals surface area contributed by atoms with Gasteiger partial charge in [0.1, 0.15) is 6.04 Å². The van der Waals surface area contributed by atoms with Gasteiger partial charge in [0.15, 0.2) is 4.80 Å². The molecule has 5 nitrogen and oxygen atoms in total. The second-order valence-corrected chi connectivity index (χ2v) is 7.32.